The van der Waals surface area contributed by atoms with Crippen molar-refractivity contribution in [2.75, 3.05) is 0 Å². The highest BCUT2D eigenvalue weighted by molar-refractivity contribution is 6.88. The van der Waals surface area contributed by atoms with Gasteiger partial charge >= 0.3 is 5.97 Å². The van der Waals surface area contributed by atoms with Crippen LogP contribution in [-0.4, -0.2) is 19.8 Å². The van der Waals surface area contributed by atoms with Crippen LogP contribution in [0.3, 0.4) is 0 Å². The standard InChI is InChI=1S/C16H16O4Si/c1-9-11-7-10(21(2,3)4)5-6-13(11)19-15(9)14-8-12(17)16(18)20-14/h5-8H,1-4H3. The molecule has 108 valence electrons. The van der Waals surface area contributed by atoms with Crippen molar-refractivity contribution in [3.05, 3.63) is 35.6 Å². The molecule has 0 saturated heterocycles. The molecule has 0 bridgehead atoms. The summed E-state index contributed by atoms with van der Waals surface area (Å²) < 4.78 is 10.7. The van der Waals surface area contributed by atoms with E-state index in [9.17, 15) is 9.59 Å². The summed E-state index contributed by atoms with van der Waals surface area (Å²) in [5, 5.41) is 2.33. The highest BCUT2D eigenvalue weighted by Crippen LogP contribution is 2.32. The highest BCUT2D eigenvalue weighted by atomic mass is 28.3. The molecule has 0 saturated carbocycles. The van der Waals surface area contributed by atoms with Crippen molar-refractivity contribution in [2.45, 2.75) is 26.6 Å². The lowest BCUT2D eigenvalue weighted by Gasteiger charge is -2.16. The number of esters is 1. The first kappa shape index (κ1) is 13.8. The minimum Gasteiger partial charge on any atom is -0.452 e. The largest absolute Gasteiger partial charge is 0.452 e. The van der Waals surface area contributed by atoms with Gasteiger partial charge in [0.15, 0.2) is 11.5 Å². The molecule has 0 amide bonds. The topological polar surface area (TPSA) is 56.5 Å². The van der Waals surface area contributed by atoms with Crippen molar-refractivity contribution < 1.29 is 18.7 Å². The second-order valence-corrected chi connectivity index (χ2v) is 11.4. The molecule has 5 heteroatoms. The molecule has 0 unspecified atom stereocenters. The third-order valence-electron chi connectivity index (χ3n) is 3.69. The Labute approximate surface area is 123 Å². The van der Waals surface area contributed by atoms with Gasteiger partial charge in [-0.25, -0.2) is 4.79 Å². The molecule has 2 aromatic rings. The first-order valence-electron chi connectivity index (χ1n) is 6.79. The van der Waals surface area contributed by atoms with Gasteiger partial charge in [-0.2, -0.15) is 0 Å². The van der Waals surface area contributed by atoms with Crippen molar-refractivity contribution in [1.82, 2.24) is 0 Å². The summed E-state index contributed by atoms with van der Waals surface area (Å²) >= 11 is 0. The SMILES string of the molecule is Cc1c(C2=CC(=O)C(=O)O2)oc2ccc([Si](C)(C)C)cc12. The zero-order valence-corrected chi connectivity index (χ0v) is 13.4. The zero-order chi connectivity index (χ0) is 15.4. The average molecular weight is 300 g/mol. The van der Waals surface area contributed by atoms with Gasteiger partial charge in [0.1, 0.15) is 5.58 Å². The monoisotopic (exact) mass is 300 g/mol. The zero-order valence-electron chi connectivity index (χ0n) is 12.4. The Morgan fingerprint density at radius 2 is 1.81 bits per heavy atom. The Morgan fingerprint density at radius 1 is 1.10 bits per heavy atom. The smallest absolute Gasteiger partial charge is 0.384 e. The first-order valence-corrected chi connectivity index (χ1v) is 10.3. The average Bonchev–Trinajstić information content (AvgIpc) is 2.90. The maximum atomic E-state index is 11.3. The highest BCUT2D eigenvalue weighted by Gasteiger charge is 2.29. The number of rotatable bonds is 2. The molecule has 21 heavy (non-hydrogen) atoms. The molecule has 0 spiro atoms. The summed E-state index contributed by atoms with van der Waals surface area (Å²) in [6.45, 7) is 8.76. The van der Waals surface area contributed by atoms with Crippen LogP contribution in [0.4, 0.5) is 0 Å². The number of fused-ring (bicyclic) bond motifs is 1. The van der Waals surface area contributed by atoms with Gasteiger partial charge in [-0.15, -0.1) is 0 Å². The van der Waals surface area contributed by atoms with Crippen LogP contribution in [-0.2, 0) is 14.3 Å². The molecule has 1 aromatic heterocycles. The molecule has 4 nitrogen and oxygen atoms in total. The fourth-order valence-electron chi connectivity index (χ4n) is 2.39. The molecule has 0 fully saturated rings. The van der Waals surface area contributed by atoms with Crippen LogP contribution in [0.1, 0.15) is 11.3 Å². The molecular weight excluding hydrogens is 284 g/mol. The molecule has 0 radical (unpaired) electrons. The van der Waals surface area contributed by atoms with E-state index in [2.05, 4.69) is 31.8 Å². The first-order chi connectivity index (χ1) is 9.77. The van der Waals surface area contributed by atoms with Crippen LogP contribution < -0.4 is 5.19 Å². The minimum atomic E-state index is -1.41. The number of carbonyl (C=O) groups excluding carboxylic acids is 2. The van der Waals surface area contributed by atoms with E-state index in [1.54, 1.807) is 0 Å². The van der Waals surface area contributed by atoms with E-state index in [0.29, 0.717) is 5.76 Å². The van der Waals surface area contributed by atoms with E-state index in [0.717, 1.165) is 16.5 Å². The van der Waals surface area contributed by atoms with E-state index in [-0.39, 0.29) is 5.76 Å². The number of furan rings is 1. The van der Waals surface area contributed by atoms with Gasteiger partial charge in [0.05, 0.1) is 8.07 Å². The van der Waals surface area contributed by atoms with Gasteiger partial charge in [0.2, 0.25) is 0 Å². The lowest BCUT2D eigenvalue weighted by Crippen LogP contribution is -2.37. The van der Waals surface area contributed by atoms with Gasteiger partial charge in [0, 0.05) is 17.0 Å². The summed E-state index contributed by atoms with van der Waals surface area (Å²) in [5.74, 6) is -0.842. The third-order valence-corrected chi connectivity index (χ3v) is 5.74. The van der Waals surface area contributed by atoms with Gasteiger partial charge < -0.3 is 9.15 Å². The van der Waals surface area contributed by atoms with E-state index < -0.39 is 19.8 Å². The molecule has 0 N–H and O–H groups in total. The molecule has 1 aliphatic rings. The predicted molar refractivity (Wildman–Crippen MR) is 83.0 cm³/mol. The van der Waals surface area contributed by atoms with Crippen molar-refractivity contribution >= 4 is 41.7 Å². The molecule has 1 aliphatic heterocycles. The minimum absolute atomic E-state index is 0.202. The fourth-order valence-corrected chi connectivity index (χ4v) is 3.55. The predicted octanol–water partition coefficient (Wildman–Crippen LogP) is 2.75. The van der Waals surface area contributed by atoms with Gasteiger partial charge in [0.25, 0.3) is 5.78 Å². The Bertz CT molecular complexity index is 806. The van der Waals surface area contributed by atoms with Crippen LogP contribution >= 0.6 is 0 Å². The van der Waals surface area contributed by atoms with Gasteiger partial charge in [-0.05, 0) is 13.0 Å². The van der Waals surface area contributed by atoms with E-state index in [1.807, 2.05) is 13.0 Å². The maximum absolute atomic E-state index is 11.3. The second-order valence-electron chi connectivity index (χ2n) is 6.28. The van der Waals surface area contributed by atoms with Crippen LogP contribution in [0.15, 0.2) is 28.7 Å². The lowest BCUT2D eigenvalue weighted by atomic mass is 10.1. The van der Waals surface area contributed by atoms with E-state index in [1.165, 1.54) is 11.3 Å². The molecule has 2 heterocycles. The number of carbonyl (C=O) groups is 2. The normalized spacial score (nSPS) is 15.5. The number of ether oxygens (including phenoxy) is 1. The van der Waals surface area contributed by atoms with Gasteiger partial charge in [-0.3, -0.25) is 4.79 Å². The Balaban J connectivity index is 2.15. The molecule has 1 aromatic carbocycles. The summed E-state index contributed by atoms with van der Waals surface area (Å²) in [6, 6.07) is 6.17. The van der Waals surface area contributed by atoms with Gasteiger partial charge in [-0.1, -0.05) is 37.0 Å². The molecular formula is C16H16O4Si. The van der Waals surface area contributed by atoms with Crippen molar-refractivity contribution in [2.24, 2.45) is 0 Å². The van der Waals surface area contributed by atoms with Crippen LogP contribution in [0, 0.1) is 6.92 Å². The summed E-state index contributed by atoms with van der Waals surface area (Å²) in [4.78, 5) is 22.5. The Morgan fingerprint density at radius 3 is 2.38 bits per heavy atom. The van der Waals surface area contributed by atoms with Crippen molar-refractivity contribution in [3.8, 4) is 0 Å². The van der Waals surface area contributed by atoms with Crippen molar-refractivity contribution in [3.63, 3.8) is 0 Å². The number of aryl methyl sites for hydroxylation is 1. The summed E-state index contributed by atoms with van der Waals surface area (Å²) in [5.41, 5.74) is 1.62. The second kappa shape index (κ2) is 4.43. The fraction of sp³-hybridized carbons (Fsp3) is 0.250. The number of hydrogen-bond donors (Lipinski definition) is 0. The van der Waals surface area contributed by atoms with Crippen LogP contribution in [0.2, 0.25) is 19.6 Å². The molecule has 0 aliphatic carbocycles. The number of ketones is 1. The summed E-state index contributed by atoms with van der Waals surface area (Å²) in [7, 11) is -1.41. The van der Waals surface area contributed by atoms with E-state index in [4.69, 9.17) is 9.15 Å². The third kappa shape index (κ3) is 2.23. The quantitative estimate of drug-likeness (QED) is 0.486. The maximum Gasteiger partial charge on any atom is 0.384 e. The van der Waals surface area contributed by atoms with Crippen LogP contribution in [0.25, 0.3) is 16.7 Å². The number of hydrogen-bond acceptors (Lipinski definition) is 4. The molecule has 0 atom stereocenters. The van der Waals surface area contributed by atoms with Crippen LogP contribution in [0.5, 0.6) is 0 Å². The Hall–Kier alpha value is -2.14. The van der Waals surface area contributed by atoms with Crippen molar-refractivity contribution in [1.29, 1.82) is 0 Å². The molecule has 3 rings (SSSR count). The summed E-state index contributed by atoms with van der Waals surface area (Å²) in [6.07, 6.45) is 1.19. The van der Waals surface area contributed by atoms with E-state index >= 15 is 0 Å². The number of benzene rings is 1. The lowest BCUT2D eigenvalue weighted by molar-refractivity contribution is -0.144. The number of cyclic esters (lactones) is 1. The Kier molecular flexibility index (Phi) is 2.91.